The Labute approximate surface area is 202 Å². The van der Waals surface area contributed by atoms with Gasteiger partial charge in [0.1, 0.15) is 11.6 Å². The van der Waals surface area contributed by atoms with Crippen molar-refractivity contribution in [3.63, 3.8) is 0 Å². The number of aliphatic hydroxyl groups is 1. The predicted molar refractivity (Wildman–Crippen MR) is 131 cm³/mol. The van der Waals surface area contributed by atoms with Crippen molar-refractivity contribution >= 4 is 23.2 Å². The molecule has 0 radical (unpaired) electrons. The van der Waals surface area contributed by atoms with E-state index in [0.29, 0.717) is 5.56 Å². The summed E-state index contributed by atoms with van der Waals surface area (Å²) in [6.45, 7) is 1.93. The predicted octanol–water partition coefficient (Wildman–Crippen LogP) is 3.84. The molecule has 0 saturated heterocycles. The van der Waals surface area contributed by atoms with Crippen LogP contribution in [0.15, 0.2) is 59.2 Å². The number of rotatable bonds is 4. The second-order valence-electron chi connectivity index (χ2n) is 9.23. The van der Waals surface area contributed by atoms with Gasteiger partial charge in [-0.2, -0.15) is 5.26 Å². The molecule has 172 valence electrons. The molecule has 0 bridgehead atoms. The van der Waals surface area contributed by atoms with Crippen molar-refractivity contribution in [3.8, 4) is 17.2 Å². The number of benzene rings is 1. The number of likely N-dealkylation sites (N-methyl/N-ethyl adjacent to an activating group) is 1. The highest BCUT2D eigenvalue weighted by Gasteiger charge is 2.48. The molecule has 34 heavy (non-hydrogen) atoms. The minimum atomic E-state index is -0.911. The molecule has 1 saturated carbocycles. The molecule has 2 atom stereocenters. The Hall–Kier alpha value is -3.54. The lowest BCUT2D eigenvalue weighted by Gasteiger charge is -2.40. The summed E-state index contributed by atoms with van der Waals surface area (Å²) in [5, 5.41) is 21.9. The van der Waals surface area contributed by atoms with Crippen molar-refractivity contribution in [2.45, 2.75) is 43.2 Å². The first kappa shape index (κ1) is 22.3. The molecule has 3 aromatic rings. The monoisotopic (exact) mass is 471 g/mol. The lowest BCUT2D eigenvalue weighted by Crippen LogP contribution is -2.52. The Morgan fingerprint density at radius 1 is 1.21 bits per heavy atom. The number of pyridine rings is 1. The minimum absolute atomic E-state index is 0.131. The van der Waals surface area contributed by atoms with Crippen LogP contribution in [-0.2, 0) is 15.9 Å². The van der Waals surface area contributed by atoms with Crippen LogP contribution in [0.3, 0.4) is 0 Å². The van der Waals surface area contributed by atoms with Gasteiger partial charge in [0.15, 0.2) is 5.96 Å². The maximum absolute atomic E-state index is 13.5. The summed E-state index contributed by atoms with van der Waals surface area (Å²) in [6.07, 6.45) is 5.78. The zero-order chi connectivity index (χ0) is 24.1. The summed E-state index contributed by atoms with van der Waals surface area (Å²) in [7, 11) is 1.64. The number of hydrogen-bond donors (Lipinski definition) is 2. The largest absolute Gasteiger partial charge is 0.385 e. The quantitative estimate of drug-likeness (QED) is 0.600. The van der Waals surface area contributed by atoms with E-state index in [4.69, 9.17) is 10.7 Å². The second kappa shape index (κ2) is 8.05. The first-order chi connectivity index (χ1) is 16.2. The second-order valence-corrected chi connectivity index (χ2v) is 10.1. The van der Waals surface area contributed by atoms with Gasteiger partial charge in [0.2, 0.25) is 5.91 Å². The first-order valence-corrected chi connectivity index (χ1v) is 12.0. The maximum Gasteiger partial charge on any atom is 0.239 e. The zero-order valence-corrected chi connectivity index (χ0v) is 19.8. The normalized spacial score (nSPS) is 23.7. The van der Waals surface area contributed by atoms with Crippen LogP contribution in [-0.4, -0.2) is 33.9 Å². The van der Waals surface area contributed by atoms with Gasteiger partial charge < -0.3 is 10.8 Å². The van der Waals surface area contributed by atoms with Crippen molar-refractivity contribution in [2.75, 3.05) is 7.05 Å². The third-order valence-corrected chi connectivity index (χ3v) is 8.25. The van der Waals surface area contributed by atoms with Crippen LogP contribution in [0.4, 0.5) is 0 Å². The first-order valence-electron chi connectivity index (χ1n) is 11.2. The van der Waals surface area contributed by atoms with Crippen molar-refractivity contribution < 1.29 is 9.90 Å². The van der Waals surface area contributed by atoms with Crippen LogP contribution in [0.5, 0.6) is 0 Å². The molecular weight excluding hydrogens is 446 g/mol. The number of thiophene rings is 1. The topological polar surface area (TPSA) is 116 Å². The van der Waals surface area contributed by atoms with E-state index in [-0.39, 0.29) is 11.9 Å². The zero-order valence-electron chi connectivity index (χ0n) is 19.0. The molecule has 2 aliphatic rings. The number of aromatic nitrogens is 1. The third-order valence-electron chi connectivity index (χ3n) is 7.09. The van der Waals surface area contributed by atoms with E-state index in [0.717, 1.165) is 46.4 Å². The van der Waals surface area contributed by atoms with Crippen LogP contribution in [0.1, 0.15) is 53.7 Å². The molecule has 5 rings (SSSR count). The number of amides is 1. The summed E-state index contributed by atoms with van der Waals surface area (Å²) in [4.78, 5) is 24.8. The molecule has 2 aromatic heterocycles. The van der Waals surface area contributed by atoms with Crippen molar-refractivity contribution in [1.29, 1.82) is 5.26 Å². The number of carbonyl (C=O) groups is 1. The van der Waals surface area contributed by atoms with Crippen LogP contribution in [0.2, 0.25) is 0 Å². The summed E-state index contributed by atoms with van der Waals surface area (Å²) in [5.41, 5.74) is 8.43. The molecule has 3 N–H and O–H groups in total. The number of guanidine groups is 1. The molecule has 1 amide bonds. The van der Waals surface area contributed by atoms with Crippen molar-refractivity contribution in [2.24, 2.45) is 10.7 Å². The molecule has 0 spiro atoms. The number of hydrogen-bond acceptors (Lipinski definition) is 7. The highest BCUT2D eigenvalue weighted by molar-refractivity contribution is 7.10. The molecule has 8 heteroatoms. The van der Waals surface area contributed by atoms with E-state index >= 15 is 0 Å². The number of nitriles is 1. The molecule has 1 aliphatic heterocycles. The van der Waals surface area contributed by atoms with Gasteiger partial charge in [0.05, 0.1) is 17.1 Å². The lowest BCUT2D eigenvalue weighted by atomic mass is 9.73. The average molecular weight is 472 g/mol. The van der Waals surface area contributed by atoms with Gasteiger partial charge in [-0.05, 0) is 60.4 Å². The highest BCUT2D eigenvalue weighted by atomic mass is 32.1. The summed E-state index contributed by atoms with van der Waals surface area (Å²) < 4.78 is 0. The van der Waals surface area contributed by atoms with Crippen LogP contribution in [0, 0.1) is 11.3 Å². The Kier molecular flexibility index (Phi) is 5.27. The summed E-state index contributed by atoms with van der Waals surface area (Å²) in [5.74, 6) is -0.537. The van der Waals surface area contributed by atoms with Gasteiger partial charge in [-0.25, -0.2) is 4.99 Å². The third kappa shape index (κ3) is 3.49. The molecule has 1 fully saturated rings. The number of carbonyl (C=O) groups excluding carboxylic acids is 1. The fourth-order valence-corrected chi connectivity index (χ4v) is 5.84. The fraction of sp³-hybridized carbons (Fsp3) is 0.308. The van der Waals surface area contributed by atoms with Gasteiger partial charge in [-0.15, -0.1) is 11.3 Å². The standard InChI is InChI=1S/C26H25N5O2S/c1-25(21-11-19(15-34-21)18-10-16(12-27)13-29-14-18)22(23(32)31(2)24(28)30-25)17-4-6-20(7-5-17)26(33)8-3-9-26/h4-7,10-11,13-15,22,33H,3,8-9H2,1-2H3,(H2,28,30). The Morgan fingerprint density at radius 2 is 1.94 bits per heavy atom. The maximum atomic E-state index is 13.5. The molecule has 3 heterocycles. The average Bonchev–Trinajstić information content (AvgIpc) is 3.33. The van der Waals surface area contributed by atoms with E-state index in [2.05, 4.69) is 11.1 Å². The van der Waals surface area contributed by atoms with Crippen LogP contribution >= 0.6 is 11.3 Å². The number of nitrogens with two attached hydrogens (primary N) is 1. The molecule has 7 nitrogen and oxygen atoms in total. The van der Waals surface area contributed by atoms with E-state index in [9.17, 15) is 15.2 Å². The van der Waals surface area contributed by atoms with Gasteiger partial charge in [0.25, 0.3) is 0 Å². The molecular formula is C26H25N5O2S. The Bertz CT molecular complexity index is 1340. The van der Waals surface area contributed by atoms with Gasteiger partial charge in [-0.3, -0.25) is 14.7 Å². The minimum Gasteiger partial charge on any atom is -0.385 e. The number of nitrogens with zero attached hydrogens (tertiary/aromatic N) is 4. The van der Waals surface area contributed by atoms with Crippen LogP contribution < -0.4 is 5.73 Å². The summed E-state index contributed by atoms with van der Waals surface area (Å²) >= 11 is 1.50. The fourth-order valence-electron chi connectivity index (χ4n) is 4.79. The molecule has 2 unspecified atom stereocenters. The molecule has 1 aromatic carbocycles. The Morgan fingerprint density at radius 3 is 2.59 bits per heavy atom. The van der Waals surface area contributed by atoms with Crippen molar-refractivity contribution in [1.82, 2.24) is 9.88 Å². The van der Waals surface area contributed by atoms with Gasteiger partial charge in [-0.1, -0.05) is 24.3 Å². The number of aliphatic imine (C=N–C) groups is 1. The Balaban J connectivity index is 1.57. The van der Waals surface area contributed by atoms with Crippen LogP contribution in [0.25, 0.3) is 11.1 Å². The van der Waals surface area contributed by atoms with E-state index in [1.54, 1.807) is 19.3 Å². The SMILES string of the molecule is CN1C(=O)C(c2ccc(C3(O)CCC3)cc2)C(C)(c2cc(-c3cncc(C#N)c3)cs2)N=C1N. The smallest absolute Gasteiger partial charge is 0.239 e. The van der Waals surface area contributed by atoms with E-state index < -0.39 is 17.1 Å². The van der Waals surface area contributed by atoms with E-state index in [1.165, 1.54) is 22.4 Å². The molecule has 1 aliphatic carbocycles. The van der Waals surface area contributed by atoms with Crippen molar-refractivity contribution in [3.05, 3.63) is 75.7 Å². The van der Waals surface area contributed by atoms with E-state index in [1.807, 2.05) is 42.6 Å². The highest BCUT2D eigenvalue weighted by Crippen LogP contribution is 2.48. The van der Waals surface area contributed by atoms with Gasteiger partial charge in [0, 0.05) is 29.9 Å². The lowest BCUT2D eigenvalue weighted by molar-refractivity contribution is -0.130. The summed E-state index contributed by atoms with van der Waals surface area (Å²) in [6, 6.07) is 13.6. The van der Waals surface area contributed by atoms with Gasteiger partial charge >= 0.3 is 0 Å².